The summed E-state index contributed by atoms with van der Waals surface area (Å²) in [5.74, 6) is -0.533. The molecule has 0 aliphatic heterocycles. The van der Waals surface area contributed by atoms with Gasteiger partial charge < -0.3 is 5.73 Å². The van der Waals surface area contributed by atoms with Crippen LogP contribution in [-0.2, 0) is 14.8 Å². The van der Waals surface area contributed by atoms with Gasteiger partial charge in [0.2, 0.25) is 5.91 Å². The van der Waals surface area contributed by atoms with Crippen LogP contribution in [0.5, 0.6) is 0 Å². The molecule has 0 saturated heterocycles. The molecule has 5 nitrogen and oxygen atoms in total. The molecule has 3 N–H and O–H groups in total. The van der Waals surface area contributed by atoms with E-state index in [-0.39, 0.29) is 11.3 Å². The number of benzene rings is 1. The first-order chi connectivity index (χ1) is 7.56. The average Bonchev–Trinajstić information content (AvgIpc) is 2.27. The minimum absolute atomic E-state index is 0.0797. The van der Waals surface area contributed by atoms with E-state index >= 15 is 0 Å². The number of hydrogen-bond acceptors (Lipinski definition) is 4. The molecule has 1 rings (SSSR count). The molecule has 0 aliphatic carbocycles. The first-order valence-electron chi connectivity index (χ1n) is 4.87. The zero-order valence-corrected chi connectivity index (χ0v) is 9.53. The molecule has 1 aromatic carbocycles. The predicted molar refractivity (Wildman–Crippen MR) is 60.1 cm³/mol. The van der Waals surface area contributed by atoms with Crippen LogP contribution in [0.25, 0.3) is 0 Å². The third-order valence-electron chi connectivity index (χ3n) is 1.91. The summed E-state index contributed by atoms with van der Waals surface area (Å²) >= 11 is 0. The first-order valence-corrected chi connectivity index (χ1v) is 6.35. The van der Waals surface area contributed by atoms with Gasteiger partial charge in [0.05, 0.1) is 4.90 Å². The normalized spacial score (nSPS) is 11.1. The van der Waals surface area contributed by atoms with Gasteiger partial charge in [-0.2, -0.15) is 0 Å². The van der Waals surface area contributed by atoms with Crippen molar-refractivity contribution in [3.05, 3.63) is 30.3 Å². The van der Waals surface area contributed by atoms with Crippen molar-refractivity contribution in [3.63, 3.8) is 0 Å². The largest absolute Gasteiger partial charge is 0.330 e. The molecule has 0 spiro atoms. The van der Waals surface area contributed by atoms with E-state index < -0.39 is 15.9 Å². The smallest absolute Gasteiger partial charge is 0.264 e. The topological polar surface area (TPSA) is 89.3 Å². The zero-order valence-electron chi connectivity index (χ0n) is 8.72. The van der Waals surface area contributed by atoms with Gasteiger partial charge in [-0.3, -0.25) is 4.79 Å². The van der Waals surface area contributed by atoms with Gasteiger partial charge in [-0.25, -0.2) is 13.1 Å². The van der Waals surface area contributed by atoms with Crippen molar-refractivity contribution < 1.29 is 13.2 Å². The lowest BCUT2D eigenvalue weighted by atomic mass is 10.3. The summed E-state index contributed by atoms with van der Waals surface area (Å²) in [5.41, 5.74) is 5.22. The van der Waals surface area contributed by atoms with Crippen molar-refractivity contribution in [1.82, 2.24) is 4.72 Å². The van der Waals surface area contributed by atoms with Gasteiger partial charge in [0.1, 0.15) is 0 Å². The fourth-order valence-corrected chi connectivity index (χ4v) is 2.16. The standard InChI is InChI=1S/C10H14N2O3S/c11-8-4-7-10(13)12-16(14,15)9-5-2-1-3-6-9/h1-3,5-6H,4,7-8,11H2,(H,12,13). The lowest BCUT2D eigenvalue weighted by Gasteiger charge is -2.05. The van der Waals surface area contributed by atoms with Gasteiger partial charge in [-0.15, -0.1) is 0 Å². The van der Waals surface area contributed by atoms with Crippen LogP contribution in [0.1, 0.15) is 12.8 Å². The molecule has 0 atom stereocenters. The Morgan fingerprint density at radius 1 is 1.25 bits per heavy atom. The highest BCUT2D eigenvalue weighted by atomic mass is 32.2. The average molecular weight is 242 g/mol. The number of hydrogen-bond donors (Lipinski definition) is 2. The molecule has 0 radical (unpaired) electrons. The fraction of sp³-hybridized carbons (Fsp3) is 0.300. The van der Waals surface area contributed by atoms with E-state index in [2.05, 4.69) is 0 Å². The summed E-state index contributed by atoms with van der Waals surface area (Å²) in [7, 11) is -3.73. The number of amides is 1. The number of nitrogens with one attached hydrogen (secondary N) is 1. The second-order valence-corrected chi connectivity index (χ2v) is 4.92. The van der Waals surface area contributed by atoms with Crippen LogP contribution in [0.3, 0.4) is 0 Å². The molecule has 0 aliphatic rings. The van der Waals surface area contributed by atoms with E-state index in [1.54, 1.807) is 18.2 Å². The van der Waals surface area contributed by atoms with Gasteiger partial charge in [0, 0.05) is 6.42 Å². The number of carbonyl (C=O) groups is 1. The predicted octanol–water partition coefficient (Wildman–Crippen LogP) is 0.230. The lowest BCUT2D eigenvalue weighted by molar-refractivity contribution is -0.119. The van der Waals surface area contributed by atoms with Crippen molar-refractivity contribution >= 4 is 15.9 Å². The Bertz CT molecular complexity index is 442. The summed E-state index contributed by atoms with van der Waals surface area (Å²) in [6.45, 7) is 0.360. The Balaban J connectivity index is 2.70. The van der Waals surface area contributed by atoms with Crippen LogP contribution in [-0.4, -0.2) is 20.9 Å². The Kier molecular flexibility index (Phi) is 4.45. The van der Waals surface area contributed by atoms with Gasteiger partial charge >= 0.3 is 0 Å². The molecular weight excluding hydrogens is 228 g/mol. The number of sulfonamides is 1. The Labute approximate surface area is 94.7 Å². The quantitative estimate of drug-likeness (QED) is 0.773. The van der Waals surface area contributed by atoms with E-state index in [4.69, 9.17) is 5.73 Å². The summed E-state index contributed by atoms with van der Waals surface area (Å²) in [5, 5.41) is 0. The second-order valence-electron chi connectivity index (χ2n) is 3.23. The molecule has 6 heteroatoms. The van der Waals surface area contributed by atoms with Gasteiger partial charge in [0.25, 0.3) is 10.0 Å². The highest BCUT2D eigenvalue weighted by Crippen LogP contribution is 2.07. The van der Waals surface area contributed by atoms with Crippen LogP contribution in [0, 0.1) is 0 Å². The third kappa shape index (κ3) is 3.63. The van der Waals surface area contributed by atoms with E-state index in [1.165, 1.54) is 12.1 Å². The van der Waals surface area contributed by atoms with E-state index in [9.17, 15) is 13.2 Å². The van der Waals surface area contributed by atoms with Crippen molar-refractivity contribution in [2.45, 2.75) is 17.7 Å². The number of carbonyl (C=O) groups excluding carboxylic acids is 1. The minimum Gasteiger partial charge on any atom is -0.330 e. The van der Waals surface area contributed by atoms with Crippen LogP contribution < -0.4 is 10.5 Å². The summed E-state index contributed by atoms with van der Waals surface area (Å²) in [6, 6.07) is 7.75. The van der Waals surface area contributed by atoms with Gasteiger partial charge in [-0.05, 0) is 25.1 Å². The molecule has 16 heavy (non-hydrogen) atoms. The van der Waals surface area contributed by atoms with Crippen LogP contribution >= 0.6 is 0 Å². The van der Waals surface area contributed by atoms with Crippen LogP contribution in [0.2, 0.25) is 0 Å². The third-order valence-corrected chi connectivity index (χ3v) is 3.30. The molecule has 0 unspecified atom stereocenters. The molecular formula is C10H14N2O3S. The highest BCUT2D eigenvalue weighted by Gasteiger charge is 2.16. The minimum atomic E-state index is -3.73. The molecule has 0 heterocycles. The maximum absolute atomic E-state index is 11.6. The number of nitrogens with two attached hydrogens (primary N) is 1. The van der Waals surface area contributed by atoms with Gasteiger partial charge in [-0.1, -0.05) is 18.2 Å². The second kappa shape index (κ2) is 5.62. The molecule has 0 fully saturated rings. The Hall–Kier alpha value is -1.40. The maximum atomic E-state index is 11.6. The maximum Gasteiger partial charge on any atom is 0.264 e. The first kappa shape index (κ1) is 12.7. The highest BCUT2D eigenvalue weighted by molar-refractivity contribution is 7.90. The molecule has 0 aromatic heterocycles. The molecule has 1 amide bonds. The molecule has 1 aromatic rings. The van der Waals surface area contributed by atoms with Crippen molar-refractivity contribution in [3.8, 4) is 0 Å². The number of rotatable bonds is 5. The summed E-state index contributed by atoms with van der Waals surface area (Å²) in [6.07, 6.45) is 0.582. The van der Waals surface area contributed by atoms with Crippen LogP contribution in [0.4, 0.5) is 0 Å². The summed E-state index contributed by atoms with van der Waals surface area (Å²) in [4.78, 5) is 11.3. The lowest BCUT2D eigenvalue weighted by Crippen LogP contribution is -2.30. The van der Waals surface area contributed by atoms with Crippen molar-refractivity contribution in [2.75, 3.05) is 6.54 Å². The Morgan fingerprint density at radius 3 is 2.44 bits per heavy atom. The van der Waals surface area contributed by atoms with Crippen LogP contribution in [0.15, 0.2) is 35.2 Å². The molecule has 0 bridgehead atoms. The van der Waals surface area contributed by atoms with Gasteiger partial charge in [0.15, 0.2) is 0 Å². The molecule has 0 saturated carbocycles. The summed E-state index contributed by atoms with van der Waals surface area (Å²) < 4.78 is 25.3. The zero-order chi connectivity index (χ0) is 12.0. The van der Waals surface area contributed by atoms with E-state index in [0.717, 1.165) is 0 Å². The fourth-order valence-electron chi connectivity index (χ4n) is 1.12. The van der Waals surface area contributed by atoms with E-state index in [1.807, 2.05) is 4.72 Å². The van der Waals surface area contributed by atoms with E-state index in [0.29, 0.717) is 13.0 Å². The Morgan fingerprint density at radius 2 is 1.88 bits per heavy atom. The van der Waals surface area contributed by atoms with Crippen molar-refractivity contribution in [2.24, 2.45) is 5.73 Å². The molecule has 88 valence electrons. The SMILES string of the molecule is NCCCC(=O)NS(=O)(=O)c1ccccc1. The van der Waals surface area contributed by atoms with Crippen molar-refractivity contribution in [1.29, 1.82) is 0 Å². The monoisotopic (exact) mass is 242 g/mol.